The molecule has 3 heteroatoms. The van der Waals surface area contributed by atoms with Crippen LogP contribution < -0.4 is 5.32 Å². The SMILES string of the molecule is CCN(Cc1ccc(CCNC)cc1)C(C)COC. The molecule has 0 fully saturated rings. The van der Waals surface area contributed by atoms with Gasteiger partial charge in [-0.25, -0.2) is 0 Å². The highest BCUT2D eigenvalue weighted by molar-refractivity contribution is 5.22. The highest BCUT2D eigenvalue weighted by atomic mass is 16.5. The van der Waals surface area contributed by atoms with Crippen LogP contribution in [0.3, 0.4) is 0 Å². The molecule has 19 heavy (non-hydrogen) atoms. The van der Waals surface area contributed by atoms with Gasteiger partial charge in [-0.3, -0.25) is 4.90 Å². The Morgan fingerprint density at radius 2 is 1.84 bits per heavy atom. The number of rotatable bonds is 9. The largest absolute Gasteiger partial charge is 0.383 e. The number of nitrogens with one attached hydrogen (secondary N) is 1. The first-order chi connectivity index (χ1) is 9.21. The van der Waals surface area contributed by atoms with Gasteiger partial charge in [0.25, 0.3) is 0 Å². The Balaban J connectivity index is 2.55. The summed E-state index contributed by atoms with van der Waals surface area (Å²) in [7, 11) is 3.76. The van der Waals surface area contributed by atoms with E-state index in [0.717, 1.165) is 32.7 Å². The lowest BCUT2D eigenvalue weighted by Gasteiger charge is -2.27. The second kappa shape index (κ2) is 9.08. The molecule has 1 aromatic carbocycles. The van der Waals surface area contributed by atoms with Crippen LogP contribution in [0.15, 0.2) is 24.3 Å². The first-order valence-electron chi connectivity index (χ1n) is 7.16. The van der Waals surface area contributed by atoms with Crippen molar-refractivity contribution in [2.24, 2.45) is 0 Å². The summed E-state index contributed by atoms with van der Waals surface area (Å²) in [4.78, 5) is 2.44. The quantitative estimate of drug-likeness (QED) is 0.741. The summed E-state index contributed by atoms with van der Waals surface area (Å²) >= 11 is 0. The number of methoxy groups -OCH3 is 1. The smallest absolute Gasteiger partial charge is 0.0615 e. The van der Waals surface area contributed by atoms with Crippen LogP contribution in [0.1, 0.15) is 25.0 Å². The van der Waals surface area contributed by atoms with Crippen LogP contribution in [0.4, 0.5) is 0 Å². The maximum absolute atomic E-state index is 5.24. The van der Waals surface area contributed by atoms with Crippen LogP contribution in [0.25, 0.3) is 0 Å². The summed E-state index contributed by atoms with van der Waals surface area (Å²) in [6, 6.07) is 9.42. The normalized spacial score (nSPS) is 12.9. The fourth-order valence-corrected chi connectivity index (χ4v) is 2.24. The van der Waals surface area contributed by atoms with E-state index in [9.17, 15) is 0 Å². The van der Waals surface area contributed by atoms with Crippen molar-refractivity contribution in [1.29, 1.82) is 0 Å². The van der Waals surface area contributed by atoms with Gasteiger partial charge in [0.15, 0.2) is 0 Å². The Labute approximate surface area is 118 Å². The van der Waals surface area contributed by atoms with E-state index in [0.29, 0.717) is 6.04 Å². The second-order valence-electron chi connectivity index (χ2n) is 5.04. The van der Waals surface area contributed by atoms with E-state index in [4.69, 9.17) is 4.74 Å². The molecular weight excluding hydrogens is 236 g/mol. The summed E-state index contributed by atoms with van der Waals surface area (Å²) in [5, 5.41) is 3.18. The van der Waals surface area contributed by atoms with Crippen molar-refractivity contribution < 1.29 is 4.74 Å². The maximum Gasteiger partial charge on any atom is 0.0615 e. The number of ether oxygens (including phenoxy) is 1. The lowest BCUT2D eigenvalue weighted by Crippen LogP contribution is -2.35. The summed E-state index contributed by atoms with van der Waals surface area (Å²) in [6.45, 7) is 8.28. The molecule has 0 saturated carbocycles. The number of hydrogen-bond acceptors (Lipinski definition) is 3. The van der Waals surface area contributed by atoms with Crippen molar-refractivity contribution >= 4 is 0 Å². The first kappa shape index (κ1) is 16.2. The molecule has 0 heterocycles. The fraction of sp³-hybridized carbons (Fsp3) is 0.625. The van der Waals surface area contributed by atoms with Gasteiger partial charge < -0.3 is 10.1 Å². The van der Waals surface area contributed by atoms with Gasteiger partial charge in [0.05, 0.1) is 6.61 Å². The van der Waals surface area contributed by atoms with Crippen molar-refractivity contribution in [2.45, 2.75) is 32.9 Å². The minimum absolute atomic E-state index is 0.457. The van der Waals surface area contributed by atoms with Crippen LogP contribution in [0, 0.1) is 0 Å². The van der Waals surface area contributed by atoms with Gasteiger partial charge in [0.2, 0.25) is 0 Å². The lowest BCUT2D eigenvalue weighted by molar-refractivity contribution is 0.0982. The van der Waals surface area contributed by atoms with Crippen molar-refractivity contribution in [2.75, 3.05) is 33.9 Å². The third kappa shape index (κ3) is 5.72. The van der Waals surface area contributed by atoms with Gasteiger partial charge in [0.1, 0.15) is 0 Å². The van der Waals surface area contributed by atoms with Crippen LogP contribution in [0.2, 0.25) is 0 Å². The van der Waals surface area contributed by atoms with Crippen LogP contribution in [-0.2, 0) is 17.7 Å². The Hall–Kier alpha value is -0.900. The maximum atomic E-state index is 5.24. The zero-order chi connectivity index (χ0) is 14.1. The van der Waals surface area contributed by atoms with Crippen molar-refractivity contribution in [3.05, 3.63) is 35.4 Å². The summed E-state index contributed by atoms with van der Waals surface area (Å²) < 4.78 is 5.24. The van der Waals surface area contributed by atoms with E-state index >= 15 is 0 Å². The summed E-state index contributed by atoms with van der Waals surface area (Å²) in [5.74, 6) is 0. The average molecular weight is 264 g/mol. The van der Waals surface area contributed by atoms with Crippen molar-refractivity contribution in [3.8, 4) is 0 Å². The van der Waals surface area contributed by atoms with Gasteiger partial charge in [-0.1, -0.05) is 31.2 Å². The molecule has 1 aromatic rings. The highest BCUT2D eigenvalue weighted by Crippen LogP contribution is 2.10. The predicted octanol–water partition coefficient (Wildman–Crippen LogP) is 2.31. The molecule has 0 aliphatic rings. The molecule has 3 nitrogen and oxygen atoms in total. The van der Waals surface area contributed by atoms with Crippen molar-refractivity contribution in [1.82, 2.24) is 10.2 Å². The molecule has 1 unspecified atom stereocenters. The molecule has 1 atom stereocenters. The molecule has 0 spiro atoms. The number of nitrogens with zero attached hydrogens (tertiary/aromatic N) is 1. The van der Waals surface area contributed by atoms with E-state index in [-0.39, 0.29) is 0 Å². The van der Waals surface area contributed by atoms with E-state index in [2.05, 4.69) is 48.3 Å². The van der Waals surface area contributed by atoms with Gasteiger partial charge in [-0.2, -0.15) is 0 Å². The number of benzene rings is 1. The third-order valence-corrected chi connectivity index (χ3v) is 3.51. The Kier molecular flexibility index (Phi) is 7.72. The molecule has 0 bridgehead atoms. The highest BCUT2D eigenvalue weighted by Gasteiger charge is 2.11. The molecular formula is C16H28N2O. The number of likely N-dealkylation sites (N-methyl/N-ethyl adjacent to an activating group) is 2. The van der Waals surface area contributed by atoms with Gasteiger partial charge in [-0.15, -0.1) is 0 Å². The van der Waals surface area contributed by atoms with Gasteiger partial charge in [0, 0.05) is 19.7 Å². The van der Waals surface area contributed by atoms with E-state index in [1.54, 1.807) is 7.11 Å². The van der Waals surface area contributed by atoms with E-state index < -0.39 is 0 Å². The molecule has 0 aromatic heterocycles. The molecule has 1 rings (SSSR count). The third-order valence-electron chi connectivity index (χ3n) is 3.51. The van der Waals surface area contributed by atoms with Crippen LogP contribution in [-0.4, -0.2) is 44.8 Å². The molecule has 0 amide bonds. The minimum Gasteiger partial charge on any atom is -0.383 e. The Morgan fingerprint density at radius 3 is 2.37 bits per heavy atom. The Bertz CT molecular complexity index is 337. The van der Waals surface area contributed by atoms with Crippen LogP contribution in [0.5, 0.6) is 0 Å². The summed E-state index contributed by atoms with van der Waals surface area (Å²) in [5.41, 5.74) is 2.77. The second-order valence-corrected chi connectivity index (χ2v) is 5.04. The first-order valence-corrected chi connectivity index (χ1v) is 7.16. The zero-order valence-corrected chi connectivity index (χ0v) is 12.8. The molecule has 108 valence electrons. The standard InChI is InChI=1S/C16H28N2O/c1-5-18(14(2)13-19-4)12-16-8-6-15(7-9-16)10-11-17-3/h6-9,14,17H,5,10-13H2,1-4H3. The number of hydrogen-bond donors (Lipinski definition) is 1. The molecule has 1 N–H and O–H groups in total. The topological polar surface area (TPSA) is 24.5 Å². The van der Waals surface area contributed by atoms with Gasteiger partial charge >= 0.3 is 0 Å². The summed E-state index contributed by atoms with van der Waals surface area (Å²) in [6.07, 6.45) is 1.09. The molecule has 0 radical (unpaired) electrons. The average Bonchev–Trinajstić information content (AvgIpc) is 2.44. The van der Waals surface area contributed by atoms with Gasteiger partial charge in [-0.05, 0) is 44.6 Å². The monoisotopic (exact) mass is 264 g/mol. The molecule has 0 saturated heterocycles. The minimum atomic E-state index is 0.457. The Morgan fingerprint density at radius 1 is 1.21 bits per heavy atom. The molecule has 0 aliphatic heterocycles. The molecule has 0 aliphatic carbocycles. The van der Waals surface area contributed by atoms with E-state index in [1.165, 1.54) is 11.1 Å². The predicted molar refractivity (Wildman–Crippen MR) is 81.5 cm³/mol. The lowest BCUT2D eigenvalue weighted by atomic mass is 10.1. The fourth-order valence-electron chi connectivity index (χ4n) is 2.24. The zero-order valence-electron chi connectivity index (χ0n) is 12.8. The van der Waals surface area contributed by atoms with Crippen molar-refractivity contribution in [3.63, 3.8) is 0 Å². The van der Waals surface area contributed by atoms with E-state index in [1.807, 2.05) is 7.05 Å². The van der Waals surface area contributed by atoms with Crippen LogP contribution >= 0.6 is 0 Å².